The van der Waals surface area contributed by atoms with E-state index in [0.29, 0.717) is 12.8 Å². The molecule has 8 atom stereocenters. The molecule has 0 bridgehead atoms. The van der Waals surface area contributed by atoms with Gasteiger partial charge in [0.05, 0.1) is 6.61 Å². The third-order valence-corrected chi connectivity index (χ3v) is 15.4. The summed E-state index contributed by atoms with van der Waals surface area (Å²) >= 11 is 0. The van der Waals surface area contributed by atoms with Gasteiger partial charge in [0.1, 0.15) is 43.2 Å². The van der Waals surface area contributed by atoms with Crippen molar-refractivity contribution < 1.29 is 63.1 Å². The normalized spacial score (nSPS) is 20.5. The summed E-state index contributed by atoms with van der Waals surface area (Å²) in [6.45, 7) is 3.38. The second-order valence-electron chi connectivity index (χ2n) is 21.2. The molecule has 6 N–H and O–H groups in total. The number of phosphoric ester groups is 1. The van der Waals surface area contributed by atoms with Gasteiger partial charge in [0.25, 0.3) is 0 Å². The van der Waals surface area contributed by atoms with Gasteiger partial charge in [-0.05, 0) is 12.8 Å². The molecule has 0 aromatic rings. The van der Waals surface area contributed by atoms with Crippen LogP contribution in [0, 0.1) is 0 Å². The van der Waals surface area contributed by atoms with E-state index in [-0.39, 0.29) is 12.8 Å². The third kappa shape index (κ3) is 39.0. The SMILES string of the molecule is CCCCCCCCCCCCCCCCCCCCCCCC(=O)OC[C@@H](COP(=O)(O)OC1C(O)C(O)C(O)[C@H](O)C1O)OC(=O)CCCCCCCCCCCCCCCCCCCCCCC. The number of phosphoric acid groups is 1. The average Bonchev–Trinajstić information content (AvgIpc) is 3.35. The minimum absolute atomic E-state index is 0.106. The Labute approximate surface area is 433 Å². The van der Waals surface area contributed by atoms with E-state index in [1.807, 2.05) is 0 Å². The fourth-order valence-corrected chi connectivity index (χ4v) is 10.7. The van der Waals surface area contributed by atoms with Crippen LogP contribution < -0.4 is 0 Å². The van der Waals surface area contributed by atoms with Crippen LogP contribution in [-0.2, 0) is 32.7 Å². The molecule has 1 saturated carbocycles. The molecule has 1 aliphatic carbocycles. The number of ether oxygens (including phenoxy) is 2. The first-order valence-electron chi connectivity index (χ1n) is 29.8. The Hall–Kier alpha value is -1.15. The zero-order valence-corrected chi connectivity index (χ0v) is 46.5. The summed E-state index contributed by atoms with van der Waals surface area (Å²) in [6, 6.07) is 0. The van der Waals surface area contributed by atoms with Crippen molar-refractivity contribution in [3.8, 4) is 0 Å². The van der Waals surface area contributed by atoms with Crippen molar-refractivity contribution in [1.29, 1.82) is 0 Å². The highest BCUT2D eigenvalue weighted by Gasteiger charge is 2.51. The molecule has 13 nitrogen and oxygen atoms in total. The lowest BCUT2D eigenvalue weighted by Crippen LogP contribution is -2.64. The van der Waals surface area contributed by atoms with E-state index in [1.54, 1.807) is 0 Å². The van der Waals surface area contributed by atoms with Crippen LogP contribution in [0.1, 0.15) is 296 Å². The van der Waals surface area contributed by atoms with Crippen molar-refractivity contribution in [3.63, 3.8) is 0 Å². The van der Waals surface area contributed by atoms with Gasteiger partial charge in [-0.1, -0.05) is 271 Å². The number of rotatable bonds is 52. The van der Waals surface area contributed by atoms with Gasteiger partial charge < -0.3 is 39.9 Å². The number of aliphatic hydroxyl groups is 5. The van der Waals surface area contributed by atoms with E-state index in [0.717, 1.165) is 38.5 Å². The van der Waals surface area contributed by atoms with Gasteiger partial charge in [0.15, 0.2) is 6.10 Å². The number of hydrogen-bond acceptors (Lipinski definition) is 12. The number of esters is 2. The zero-order chi connectivity index (χ0) is 52.1. The summed E-state index contributed by atoms with van der Waals surface area (Å²) in [7, 11) is -5.12. The Bertz CT molecular complexity index is 1240. The van der Waals surface area contributed by atoms with Crippen molar-refractivity contribution in [3.05, 3.63) is 0 Å². The molecule has 0 amide bonds. The van der Waals surface area contributed by atoms with Gasteiger partial charge >= 0.3 is 19.8 Å². The fraction of sp³-hybridized carbons (Fsp3) is 0.965. The van der Waals surface area contributed by atoms with Gasteiger partial charge in [-0.25, -0.2) is 4.57 Å². The smallest absolute Gasteiger partial charge is 0.462 e. The van der Waals surface area contributed by atoms with Crippen LogP contribution in [0.3, 0.4) is 0 Å². The molecule has 422 valence electrons. The van der Waals surface area contributed by atoms with Crippen LogP contribution in [0.2, 0.25) is 0 Å². The standard InChI is InChI=1S/C57H111O13P/c1-3-5-7-9-11-13-15-17-19-21-23-25-27-29-31-33-35-37-39-41-43-45-50(58)67-47-49(48-68-71(65,66)70-57-55(63)53(61)52(60)54(62)56(57)64)69-51(59)46-44-42-40-38-36-34-32-30-28-26-24-22-20-18-16-14-12-10-8-6-4-2/h49,52-57,60-64H,3-48H2,1-2H3,(H,65,66)/t49-,52?,53-,54?,55?,56?,57?/m0/s1. The molecule has 0 radical (unpaired) electrons. The molecule has 0 heterocycles. The zero-order valence-electron chi connectivity index (χ0n) is 45.6. The first kappa shape index (κ1) is 67.9. The Morgan fingerprint density at radius 2 is 0.634 bits per heavy atom. The van der Waals surface area contributed by atoms with Crippen LogP contribution in [0.25, 0.3) is 0 Å². The van der Waals surface area contributed by atoms with Crippen molar-refractivity contribution in [1.82, 2.24) is 0 Å². The van der Waals surface area contributed by atoms with Crippen LogP contribution in [0.15, 0.2) is 0 Å². The van der Waals surface area contributed by atoms with Crippen molar-refractivity contribution in [2.45, 2.75) is 339 Å². The largest absolute Gasteiger partial charge is 0.472 e. The predicted octanol–water partition coefficient (Wildman–Crippen LogP) is 14.0. The lowest BCUT2D eigenvalue weighted by Gasteiger charge is -2.41. The number of carbonyl (C=O) groups is 2. The van der Waals surface area contributed by atoms with Gasteiger partial charge in [-0.2, -0.15) is 0 Å². The lowest BCUT2D eigenvalue weighted by atomic mass is 9.85. The molecule has 1 aliphatic rings. The van der Waals surface area contributed by atoms with Gasteiger partial charge in [0.2, 0.25) is 0 Å². The van der Waals surface area contributed by atoms with E-state index >= 15 is 0 Å². The molecule has 1 rings (SSSR count). The molecule has 6 unspecified atom stereocenters. The average molecular weight is 1040 g/mol. The van der Waals surface area contributed by atoms with Gasteiger partial charge in [-0.3, -0.25) is 18.6 Å². The summed E-state index contributed by atoms with van der Waals surface area (Å²) in [5.41, 5.74) is 0. The van der Waals surface area contributed by atoms with E-state index in [1.165, 1.54) is 218 Å². The summed E-state index contributed by atoms with van der Waals surface area (Å²) in [4.78, 5) is 36.0. The fourth-order valence-electron chi connectivity index (χ4n) is 9.70. The Morgan fingerprint density at radius 1 is 0.380 bits per heavy atom. The van der Waals surface area contributed by atoms with Crippen LogP contribution >= 0.6 is 7.82 Å². The van der Waals surface area contributed by atoms with Crippen molar-refractivity contribution >= 4 is 19.8 Å². The summed E-state index contributed by atoms with van der Waals surface area (Å²) in [6.07, 6.45) is 40.1. The monoisotopic (exact) mass is 1030 g/mol. The maximum Gasteiger partial charge on any atom is 0.472 e. The number of unbranched alkanes of at least 4 members (excludes halogenated alkanes) is 40. The summed E-state index contributed by atoms with van der Waals surface area (Å²) in [5.74, 6) is -1.07. The number of hydrogen-bond donors (Lipinski definition) is 6. The predicted molar refractivity (Wildman–Crippen MR) is 286 cm³/mol. The Kier molecular flexibility index (Phi) is 45.2. The molecule has 0 saturated heterocycles. The molecule has 0 aromatic heterocycles. The summed E-state index contributed by atoms with van der Waals surface area (Å²) in [5, 5.41) is 50.4. The molecule has 0 aromatic carbocycles. The topological polar surface area (TPSA) is 210 Å². The number of aliphatic hydroxyl groups excluding tert-OH is 5. The van der Waals surface area contributed by atoms with E-state index < -0.39 is 75.7 Å². The first-order chi connectivity index (χ1) is 34.4. The minimum Gasteiger partial charge on any atom is -0.462 e. The quantitative estimate of drug-likeness (QED) is 0.0191. The van der Waals surface area contributed by atoms with E-state index in [9.17, 15) is 44.6 Å². The highest BCUT2D eigenvalue weighted by molar-refractivity contribution is 7.47. The first-order valence-corrected chi connectivity index (χ1v) is 31.3. The summed E-state index contributed by atoms with van der Waals surface area (Å²) < 4.78 is 33.8. The Balaban J connectivity index is 2.30. The molecule has 14 heteroatoms. The molecule has 0 spiro atoms. The molecule has 0 aliphatic heterocycles. The lowest BCUT2D eigenvalue weighted by molar-refractivity contribution is -0.220. The Morgan fingerprint density at radius 3 is 0.930 bits per heavy atom. The van der Waals surface area contributed by atoms with Crippen LogP contribution in [-0.4, -0.2) is 98.3 Å². The maximum atomic E-state index is 12.9. The second-order valence-corrected chi connectivity index (χ2v) is 22.6. The molecular formula is C57H111O13P. The van der Waals surface area contributed by atoms with Crippen LogP contribution in [0.5, 0.6) is 0 Å². The third-order valence-electron chi connectivity index (χ3n) is 14.4. The van der Waals surface area contributed by atoms with E-state index in [2.05, 4.69) is 13.8 Å². The molecule has 1 fully saturated rings. The van der Waals surface area contributed by atoms with Crippen molar-refractivity contribution in [2.24, 2.45) is 0 Å². The number of carbonyl (C=O) groups excluding carboxylic acids is 2. The van der Waals surface area contributed by atoms with E-state index in [4.69, 9.17) is 18.5 Å². The van der Waals surface area contributed by atoms with Gasteiger partial charge in [0, 0.05) is 12.8 Å². The second kappa shape index (κ2) is 47.3. The minimum atomic E-state index is -5.12. The van der Waals surface area contributed by atoms with Crippen LogP contribution in [0.4, 0.5) is 0 Å². The maximum absolute atomic E-state index is 12.9. The highest BCUT2D eigenvalue weighted by Crippen LogP contribution is 2.47. The highest BCUT2D eigenvalue weighted by atomic mass is 31.2. The van der Waals surface area contributed by atoms with Crippen molar-refractivity contribution in [2.75, 3.05) is 13.2 Å². The molecule has 71 heavy (non-hydrogen) atoms. The van der Waals surface area contributed by atoms with Gasteiger partial charge in [-0.15, -0.1) is 0 Å². The molecular weight excluding hydrogens is 924 g/mol.